The van der Waals surface area contributed by atoms with Crippen molar-refractivity contribution in [3.8, 4) is 11.5 Å². The summed E-state index contributed by atoms with van der Waals surface area (Å²) in [4.78, 5) is 3.76. The zero-order valence-electron chi connectivity index (χ0n) is 15.6. The molecule has 4 rings (SSSR count). The van der Waals surface area contributed by atoms with Crippen molar-refractivity contribution in [2.75, 3.05) is 5.73 Å². The number of nitrogens with zero attached hydrogens (tertiary/aromatic N) is 4. The maximum atomic E-state index is 12.3. The Morgan fingerprint density at radius 1 is 1.16 bits per heavy atom. The largest absolute Gasteiger partial charge is 0.573 e. The van der Waals surface area contributed by atoms with Gasteiger partial charge in [-0.25, -0.2) is 0 Å². The number of benzene rings is 1. The number of ether oxygens (including phenoxy) is 2. The Kier molecular flexibility index (Phi) is 7.18. The Bertz CT molecular complexity index is 1160. The molecule has 0 atom stereocenters. The molecule has 0 saturated carbocycles. The maximum absolute atomic E-state index is 12.3. The van der Waals surface area contributed by atoms with Gasteiger partial charge in [0, 0.05) is 39.7 Å². The smallest absolute Gasteiger partial charge is 0.489 e. The van der Waals surface area contributed by atoms with E-state index in [4.69, 9.17) is 22.1 Å². The normalized spacial score (nSPS) is 11.0. The van der Waals surface area contributed by atoms with E-state index in [1.165, 1.54) is 6.07 Å². The van der Waals surface area contributed by atoms with Crippen LogP contribution in [-0.4, -0.2) is 25.9 Å². The molecule has 3 heterocycles. The van der Waals surface area contributed by atoms with Crippen molar-refractivity contribution in [1.82, 2.24) is 19.6 Å². The summed E-state index contributed by atoms with van der Waals surface area (Å²) >= 11 is 9.19. The number of nitrogen functional groups attached to an aromatic ring is 1. The van der Waals surface area contributed by atoms with Crippen LogP contribution in [0, 0.1) is 0 Å². The lowest BCUT2D eigenvalue weighted by atomic mass is 10.3. The molecule has 0 fully saturated rings. The summed E-state index contributed by atoms with van der Waals surface area (Å²) in [5, 5.41) is 7.75. The van der Waals surface area contributed by atoms with Crippen LogP contribution in [-0.2, 0) is 6.61 Å². The van der Waals surface area contributed by atoms with Gasteiger partial charge in [-0.2, -0.15) is 0 Å². The molecule has 12 heteroatoms. The fourth-order valence-electron chi connectivity index (χ4n) is 2.34. The van der Waals surface area contributed by atoms with Crippen LogP contribution in [0.1, 0.15) is 5.56 Å². The molecular formula is C19H14BrClF3N5O2. The van der Waals surface area contributed by atoms with E-state index in [9.17, 15) is 13.2 Å². The standard InChI is InChI=1S/C14H8BrClF3N3O2.C5H6N2/c15-12-5-22-7-20-21-13(22)1-8(12)6-23-10-2-9(16)3-11(4-10)24-14(17,18)19;6-5-2-1-3-7-4-5/h1-5,7H,6H2;1-4H,6H2. The Labute approximate surface area is 187 Å². The highest BCUT2D eigenvalue weighted by molar-refractivity contribution is 9.10. The number of hydrogen-bond acceptors (Lipinski definition) is 6. The number of pyridine rings is 2. The van der Waals surface area contributed by atoms with Gasteiger partial charge in [-0.1, -0.05) is 11.6 Å². The summed E-state index contributed by atoms with van der Waals surface area (Å²) in [6.07, 6.45) is 1.80. The molecule has 3 aromatic heterocycles. The highest BCUT2D eigenvalue weighted by Crippen LogP contribution is 2.31. The van der Waals surface area contributed by atoms with E-state index in [1.54, 1.807) is 47.5 Å². The van der Waals surface area contributed by atoms with Crippen LogP contribution in [0.4, 0.5) is 18.9 Å². The molecule has 0 spiro atoms. The first-order chi connectivity index (χ1) is 14.7. The summed E-state index contributed by atoms with van der Waals surface area (Å²) in [6, 6.07) is 8.91. The molecule has 7 nitrogen and oxygen atoms in total. The van der Waals surface area contributed by atoms with Gasteiger partial charge in [0.25, 0.3) is 0 Å². The van der Waals surface area contributed by atoms with Crippen LogP contribution in [0.5, 0.6) is 11.5 Å². The van der Waals surface area contributed by atoms with Crippen LogP contribution in [0.25, 0.3) is 5.65 Å². The second kappa shape index (κ2) is 9.84. The molecule has 0 radical (unpaired) electrons. The quantitative estimate of drug-likeness (QED) is 0.397. The molecule has 0 saturated heterocycles. The van der Waals surface area contributed by atoms with Crippen LogP contribution < -0.4 is 15.2 Å². The highest BCUT2D eigenvalue weighted by atomic mass is 79.9. The number of nitrogens with two attached hydrogens (primary N) is 1. The highest BCUT2D eigenvalue weighted by Gasteiger charge is 2.31. The summed E-state index contributed by atoms with van der Waals surface area (Å²) < 4.78 is 48.7. The number of fused-ring (bicyclic) bond motifs is 1. The minimum absolute atomic E-state index is 0.0683. The minimum Gasteiger partial charge on any atom is -0.489 e. The Balaban J connectivity index is 0.000000330. The van der Waals surface area contributed by atoms with Crippen molar-refractivity contribution in [2.24, 2.45) is 0 Å². The van der Waals surface area contributed by atoms with Gasteiger partial charge in [-0.05, 0) is 46.3 Å². The number of anilines is 1. The first-order valence-electron chi connectivity index (χ1n) is 8.52. The fourth-order valence-corrected chi connectivity index (χ4v) is 3.01. The zero-order valence-corrected chi connectivity index (χ0v) is 17.9. The minimum atomic E-state index is -4.80. The van der Waals surface area contributed by atoms with Gasteiger partial charge >= 0.3 is 6.36 Å². The molecule has 0 aliphatic heterocycles. The SMILES string of the molecule is FC(F)(F)Oc1cc(Cl)cc(OCc2cc3nncn3cc2Br)c1.Nc1cccnc1. The third kappa shape index (κ3) is 7.00. The van der Waals surface area contributed by atoms with Crippen molar-refractivity contribution in [1.29, 1.82) is 0 Å². The van der Waals surface area contributed by atoms with Gasteiger partial charge in [-0.15, -0.1) is 23.4 Å². The average molecular weight is 517 g/mol. The average Bonchev–Trinajstić information content (AvgIpc) is 3.12. The third-order valence-corrected chi connectivity index (χ3v) is 4.55. The van der Waals surface area contributed by atoms with Crippen LogP contribution in [0.15, 0.2) is 65.8 Å². The van der Waals surface area contributed by atoms with Crippen molar-refractivity contribution >= 4 is 38.9 Å². The van der Waals surface area contributed by atoms with E-state index in [-0.39, 0.29) is 17.4 Å². The predicted octanol–water partition coefficient (Wildman–Crippen LogP) is 5.29. The number of rotatable bonds is 4. The van der Waals surface area contributed by atoms with Crippen molar-refractivity contribution in [3.05, 3.63) is 76.4 Å². The van der Waals surface area contributed by atoms with Crippen LogP contribution >= 0.6 is 27.5 Å². The second-order valence-electron chi connectivity index (χ2n) is 5.99. The van der Waals surface area contributed by atoms with E-state index in [1.807, 2.05) is 0 Å². The lowest BCUT2D eigenvalue weighted by Crippen LogP contribution is -2.17. The summed E-state index contributed by atoms with van der Waals surface area (Å²) in [6.45, 7) is 0.0930. The second-order valence-corrected chi connectivity index (χ2v) is 7.28. The Morgan fingerprint density at radius 2 is 1.94 bits per heavy atom. The summed E-state index contributed by atoms with van der Waals surface area (Å²) in [7, 11) is 0. The number of halogens is 5. The molecule has 0 aliphatic carbocycles. The van der Waals surface area contributed by atoms with Crippen molar-refractivity contribution in [3.63, 3.8) is 0 Å². The van der Waals surface area contributed by atoms with E-state index in [2.05, 4.69) is 35.8 Å². The molecule has 1 aromatic carbocycles. The van der Waals surface area contributed by atoms with E-state index in [0.717, 1.165) is 22.2 Å². The molecular weight excluding hydrogens is 503 g/mol. The molecule has 0 amide bonds. The molecule has 0 unspecified atom stereocenters. The topological polar surface area (TPSA) is 87.6 Å². The first-order valence-corrected chi connectivity index (χ1v) is 9.69. The molecule has 0 aliphatic rings. The van der Waals surface area contributed by atoms with Crippen LogP contribution in [0.2, 0.25) is 5.02 Å². The molecule has 0 bridgehead atoms. The lowest BCUT2D eigenvalue weighted by Gasteiger charge is -2.12. The van der Waals surface area contributed by atoms with E-state index < -0.39 is 12.1 Å². The third-order valence-electron chi connectivity index (χ3n) is 3.62. The Hall–Kier alpha value is -3.05. The number of alkyl halides is 3. The monoisotopic (exact) mass is 515 g/mol. The maximum Gasteiger partial charge on any atom is 0.573 e. The predicted molar refractivity (Wildman–Crippen MR) is 112 cm³/mol. The Morgan fingerprint density at radius 3 is 2.58 bits per heavy atom. The number of hydrogen-bond donors (Lipinski definition) is 1. The molecule has 4 aromatic rings. The van der Waals surface area contributed by atoms with E-state index in [0.29, 0.717) is 11.3 Å². The van der Waals surface area contributed by atoms with Gasteiger partial charge in [0.1, 0.15) is 24.4 Å². The van der Waals surface area contributed by atoms with Gasteiger partial charge in [0.05, 0.1) is 5.69 Å². The van der Waals surface area contributed by atoms with Gasteiger partial charge in [0.2, 0.25) is 0 Å². The zero-order chi connectivity index (χ0) is 22.4. The fraction of sp³-hybridized carbons (Fsp3) is 0.105. The van der Waals surface area contributed by atoms with Gasteiger partial charge in [0.15, 0.2) is 5.65 Å². The van der Waals surface area contributed by atoms with Gasteiger partial charge in [-0.3, -0.25) is 9.38 Å². The number of aromatic nitrogens is 4. The van der Waals surface area contributed by atoms with Crippen molar-refractivity contribution < 1.29 is 22.6 Å². The van der Waals surface area contributed by atoms with Crippen LogP contribution in [0.3, 0.4) is 0 Å². The summed E-state index contributed by atoms with van der Waals surface area (Å²) in [5.74, 6) is -0.299. The lowest BCUT2D eigenvalue weighted by molar-refractivity contribution is -0.274. The van der Waals surface area contributed by atoms with Crippen molar-refractivity contribution in [2.45, 2.75) is 13.0 Å². The molecule has 31 heavy (non-hydrogen) atoms. The first kappa shape index (κ1) is 22.6. The summed E-state index contributed by atoms with van der Waals surface area (Å²) in [5.41, 5.74) is 7.36. The van der Waals surface area contributed by atoms with E-state index >= 15 is 0 Å². The molecule has 162 valence electrons. The molecule has 2 N–H and O–H groups in total. The van der Waals surface area contributed by atoms with Gasteiger partial charge < -0.3 is 15.2 Å².